The molecule has 0 unspecified atom stereocenters. The molecule has 3 aromatic rings. The van der Waals surface area contributed by atoms with Crippen LogP contribution in [0.1, 0.15) is 43.0 Å². The molecule has 0 radical (unpaired) electrons. The van der Waals surface area contributed by atoms with Gasteiger partial charge in [0, 0.05) is 42.8 Å². The van der Waals surface area contributed by atoms with Crippen LogP contribution in [-0.4, -0.2) is 33.1 Å². The zero-order valence-corrected chi connectivity index (χ0v) is 20.3. The molecule has 176 valence electrons. The van der Waals surface area contributed by atoms with Crippen LogP contribution < -0.4 is 10.2 Å². The Morgan fingerprint density at radius 2 is 1.94 bits per heavy atom. The number of benzene rings is 1. The van der Waals surface area contributed by atoms with E-state index in [4.69, 9.17) is 0 Å². The Labute approximate surface area is 200 Å². The van der Waals surface area contributed by atoms with Gasteiger partial charge in [-0.1, -0.05) is 30.7 Å². The molecule has 3 heterocycles. The van der Waals surface area contributed by atoms with Crippen molar-refractivity contribution < 1.29 is 9.59 Å². The molecule has 34 heavy (non-hydrogen) atoms. The quantitative estimate of drug-likeness (QED) is 0.594. The molecule has 1 aliphatic carbocycles. The third-order valence-electron chi connectivity index (χ3n) is 7.12. The third-order valence-corrected chi connectivity index (χ3v) is 7.12. The van der Waals surface area contributed by atoms with Crippen LogP contribution in [0.15, 0.2) is 42.7 Å². The second kappa shape index (κ2) is 8.38. The van der Waals surface area contributed by atoms with E-state index in [1.165, 1.54) is 0 Å². The van der Waals surface area contributed by atoms with E-state index in [9.17, 15) is 9.59 Å². The summed E-state index contributed by atoms with van der Waals surface area (Å²) in [5.41, 5.74) is 5.41. The summed E-state index contributed by atoms with van der Waals surface area (Å²) < 4.78 is 1.77. The highest BCUT2D eigenvalue weighted by Crippen LogP contribution is 2.52. The maximum absolute atomic E-state index is 13.2. The highest BCUT2D eigenvalue weighted by Gasteiger charge is 2.52. The lowest BCUT2D eigenvalue weighted by Gasteiger charge is -2.23. The highest BCUT2D eigenvalue weighted by molar-refractivity contribution is 6.01. The Balaban J connectivity index is 1.31. The molecule has 1 atom stereocenters. The van der Waals surface area contributed by atoms with E-state index in [1.54, 1.807) is 4.68 Å². The van der Waals surface area contributed by atoms with Crippen molar-refractivity contribution in [2.45, 2.75) is 46.5 Å². The first kappa shape index (κ1) is 22.3. The smallest absolute Gasteiger partial charge is 0.233 e. The molecule has 2 amide bonds. The Morgan fingerprint density at radius 3 is 2.65 bits per heavy atom. The van der Waals surface area contributed by atoms with Crippen LogP contribution >= 0.6 is 0 Å². The minimum Gasteiger partial charge on any atom is -0.312 e. The van der Waals surface area contributed by atoms with Gasteiger partial charge < -0.3 is 10.2 Å². The van der Waals surface area contributed by atoms with Crippen molar-refractivity contribution in [3.8, 4) is 11.1 Å². The predicted octanol–water partition coefficient (Wildman–Crippen LogP) is 4.43. The summed E-state index contributed by atoms with van der Waals surface area (Å²) in [5, 5.41) is 7.19. The minimum atomic E-state index is -0.252. The standard InChI is InChI=1S/C27H31N5O2/c1-17-9-19(12-20(10-17)21-15-28-31(4)16-21)13-25(33)30-24-14-23(11-18(2)29-24)32-8-7-27(3,26(32)34)22-5-6-22/h9-12,14-16,22H,5-8,13H2,1-4H3,(H,29,30,33)/t27-/m0/s1. The van der Waals surface area contributed by atoms with Crippen molar-refractivity contribution in [2.75, 3.05) is 16.8 Å². The Kier molecular flexibility index (Phi) is 5.50. The van der Waals surface area contributed by atoms with Crippen molar-refractivity contribution in [3.05, 3.63) is 59.5 Å². The van der Waals surface area contributed by atoms with Crippen LogP contribution in [0.25, 0.3) is 11.1 Å². The maximum atomic E-state index is 13.2. The maximum Gasteiger partial charge on any atom is 0.233 e. The van der Waals surface area contributed by atoms with Gasteiger partial charge in [0.2, 0.25) is 11.8 Å². The van der Waals surface area contributed by atoms with Crippen LogP contribution in [0.3, 0.4) is 0 Å². The van der Waals surface area contributed by atoms with Gasteiger partial charge >= 0.3 is 0 Å². The predicted molar refractivity (Wildman–Crippen MR) is 132 cm³/mol. The van der Waals surface area contributed by atoms with Gasteiger partial charge in [-0.2, -0.15) is 5.10 Å². The van der Waals surface area contributed by atoms with Gasteiger partial charge in [0.15, 0.2) is 0 Å². The van der Waals surface area contributed by atoms with Crippen LogP contribution in [-0.2, 0) is 23.1 Å². The van der Waals surface area contributed by atoms with Gasteiger partial charge in [0.25, 0.3) is 0 Å². The van der Waals surface area contributed by atoms with E-state index in [0.717, 1.165) is 52.9 Å². The molecule has 1 N–H and O–H groups in total. The summed E-state index contributed by atoms with van der Waals surface area (Å²) in [6.07, 6.45) is 7.20. The van der Waals surface area contributed by atoms with Crippen LogP contribution in [0.4, 0.5) is 11.5 Å². The molecule has 1 aliphatic heterocycles. The van der Waals surface area contributed by atoms with E-state index < -0.39 is 0 Å². The number of hydrogen-bond acceptors (Lipinski definition) is 4. The monoisotopic (exact) mass is 457 g/mol. The molecule has 7 nitrogen and oxygen atoms in total. The number of amides is 2. The lowest BCUT2D eigenvalue weighted by Crippen LogP contribution is -2.34. The number of rotatable bonds is 6. The molecular weight excluding hydrogens is 426 g/mol. The molecule has 5 rings (SSSR count). The molecular formula is C27H31N5O2. The van der Waals surface area contributed by atoms with Gasteiger partial charge in [-0.05, 0) is 56.2 Å². The van der Waals surface area contributed by atoms with E-state index in [0.29, 0.717) is 18.3 Å². The van der Waals surface area contributed by atoms with Crippen molar-refractivity contribution >= 4 is 23.3 Å². The fraction of sp³-hybridized carbons (Fsp3) is 0.407. The number of nitrogens with one attached hydrogen (secondary N) is 1. The van der Waals surface area contributed by atoms with E-state index >= 15 is 0 Å². The molecule has 1 saturated heterocycles. The molecule has 0 bridgehead atoms. The number of aromatic nitrogens is 3. The lowest BCUT2D eigenvalue weighted by atomic mass is 9.83. The molecule has 1 aromatic carbocycles. The number of anilines is 2. The van der Waals surface area contributed by atoms with Gasteiger partial charge in [-0.3, -0.25) is 14.3 Å². The van der Waals surface area contributed by atoms with Crippen molar-refractivity contribution in [1.29, 1.82) is 0 Å². The summed E-state index contributed by atoms with van der Waals surface area (Å²) in [7, 11) is 1.89. The molecule has 2 fully saturated rings. The fourth-order valence-electron chi connectivity index (χ4n) is 5.15. The first-order valence-corrected chi connectivity index (χ1v) is 11.9. The number of pyridine rings is 1. The molecule has 0 spiro atoms. The Morgan fingerprint density at radius 1 is 1.15 bits per heavy atom. The van der Waals surface area contributed by atoms with Gasteiger partial charge in [-0.15, -0.1) is 0 Å². The van der Waals surface area contributed by atoms with Crippen LogP contribution in [0, 0.1) is 25.2 Å². The summed E-state index contributed by atoms with van der Waals surface area (Å²) in [4.78, 5) is 32.5. The highest BCUT2D eigenvalue weighted by atomic mass is 16.2. The third kappa shape index (κ3) is 4.34. The van der Waals surface area contributed by atoms with Gasteiger partial charge in [0.1, 0.15) is 5.82 Å². The van der Waals surface area contributed by atoms with Crippen LogP contribution in [0.5, 0.6) is 0 Å². The SMILES string of the molecule is Cc1cc(CC(=O)Nc2cc(N3CC[C@@](C)(C4CC4)C3=O)cc(C)n2)cc(-c2cnn(C)c2)c1. The second-order valence-electron chi connectivity index (χ2n) is 10.1. The summed E-state index contributed by atoms with van der Waals surface area (Å²) >= 11 is 0. The number of hydrogen-bond donors (Lipinski definition) is 1. The van der Waals surface area contributed by atoms with Crippen molar-refractivity contribution in [1.82, 2.24) is 14.8 Å². The Bertz CT molecular complexity index is 1280. The first-order chi connectivity index (χ1) is 16.2. The average molecular weight is 458 g/mol. The van der Waals surface area contributed by atoms with Gasteiger partial charge in [-0.25, -0.2) is 4.98 Å². The molecule has 2 aromatic heterocycles. The minimum absolute atomic E-state index is 0.137. The topological polar surface area (TPSA) is 80.1 Å². The number of carbonyl (C=O) groups is 2. The fourth-order valence-corrected chi connectivity index (χ4v) is 5.15. The van der Waals surface area contributed by atoms with Crippen LogP contribution in [0.2, 0.25) is 0 Å². The largest absolute Gasteiger partial charge is 0.312 e. The first-order valence-electron chi connectivity index (χ1n) is 11.9. The summed E-state index contributed by atoms with van der Waals surface area (Å²) in [6.45, 7) is 6.73. The van der Waals surface area contributed by atoms with Crippen molar-refractivity contribution in [3.63, 3.8) is 0 Å². The zero-order chi connectivity index (χ0) is 24.0. The summed E-state index contributed by atoms with van der Waals surface area (Å²) in [5.74, 6) is 1.05. The average Bonchev–Trinajstić information content (AvgIpc) is 3.46. The normalized spacial score (nSPS) is 20.1. The van der Waals surface area contributed by atoms with E-state index in [-0.39, 0.29) is 23.7 Å². The second-order valence-corrected chi connectivity index (χ2v) is 10.1. The zero-order valence-electron chi connectivity index (χ0n) is 20.3. The lowest BCUT2D eigenvalue weighted by molar-refractivity contribution is -0.125. The molecule has 2 aliphatic rings. The molecule has 7 heteroatoms. The Hall–Kier alpha value is -3.48. The van der Waals surface area contributed by atoms with Gasteiger partial charge in [0.05, 0.1) is 18.0 Å². The van der Waals surface area contributed by atoms with Crippen molar-refractivity contribution in [2.24, 2.45) is 18.4 Å². The number of carbonyl (C=O) groups excluding carboxylic acids is 2. The number of aryl methyl sites for hydroxylation is 3. The summed E-state index contributed by atoms with van der Waals surface area (Å²) in [6, 6.07) is 9.89. The van der Waals surface area contributed by atoms with E-state index in [1.807, 2.05) is 62.5 Å². The number of nitrogens with zero attached hydrogens (tertiary/aromatic N) is 4. The molecule has 1 saturated carbocycles. The van der Waals surface area contributed by atoms with E-state index in [2.05, 4.69) is 28.4 Å².